The van der Waals surface area contributed by atoms with Crippen molar-refractivity contribution in [2.75, 3.05) is 13.1 Å². The first-order chi connectivity index (χ1) is 15.3. The number of benzene rings is 2. The molecular weight excluding hydrogens is 390 g/mol. The Balaban J connectivity index is 1.27. The lowest BCUT2D eigenvalue weighted by molar-refractivity contribution is -0.122. The third-order valence-electron chi connectivity index (χ3n) is 5.75. The zero-order chi connectivity index (χ0) is 21.3. The van der Waals surface area contributed by atoms with E-state index >= 15 is 0 Å². The van der Waals surface area contributed by atoms with Gasteiger partial charge < -0.3 is 19.9 Å². The van der Waals surface area contributed by atoms with Crippen LogP contribution in [0.2, 0.25) is 0 Å². The molecule has 0 spiro atoms. The van der Waals surface area contributed by atoms with Crippen LogP contribution in [0.5, 0.6) is 5.75 Å². The molecule has 2 atom stereocenters. The van der Waals surface area contributed by atoms with Gasteiger partial charge >= 0.3 is 0 Å². The van der Waals surface area contributed by atoms with Crippen LogP contribution in [0.1, 0.15) is 29.9 Å². The van der Waals surface area contributed by atoms with Crippen LogP contribution in [-0.4, -0.2) is 24.2 Å². The molecule has 1 fully saturated rings. The van der Waals surface area contributed by atoms with E-state index < -0.39 is 0 Å². The Labute approximate surface area is 183 Å². The van der Waals surface area contributed by atoms with E-state index in [1.165, 1.54) is 0 Å². The van der Waals surface area contributed by atoms with Gasteiger partial charge in [-0.15, -0.1) is 0 Å². The molecule has 1 aliphatic rings. The van der Waals surface area contributed by atoms with Gasteiger partial charge in [-0.05, 0) is 55.5 Å². The van der Waals surface area contributed by atoms with E-state index in [2.05, 4.69) is 15.8 Å². The normalized spacial score (nSPS) is 18.5. The highest BCUT2D eigenvalue weighted by molar-refractivity contribution is 5.76. The molecule has 2 N–H and O–H groups in total. The van der Waals surface area contributed by atoms with Gasteiger partial charge in [-0.1, -0.05) is 53.7 Å². The number of piperidine rings is 1. The second-order valence-electron chi connectivity index (χ2n) is 8.07. The molecule has 31 heavy (non-hydrogen) atoms. The fourth-order valence-electron chi connectivity index (χ4n) is 4.05. The molecule has 1 aliphatic heterocycles. The van der Waals surface area contributed by atoms with E-state index in [1.54, 1.807) is 0 Å². The number of para-hydroxylation sites is 1. The number of hydrogen-bond donors (Lipinski definition) is 2. The largest absolute Gasteiger partial charge is 0.486 e. The van der Waals surface area contributed by atoms with Crippen molar-refractivity contribution in [3.8, 4) is 5.75 Å². The van der Waals surface area contributed by atoms with Crippen LogP contribution in [0.25, 0.3) is 0 Å². The number of amides is 1. The first kappa shape index (κ1) is 21.1. The lowest BCUT2D eigenvalue weighted by atomic mass is 9.81. The number of carbonyl (C=O) groups is 1. The van der Waals surface area contributed by atoms with Crippen molar-refractivity contribution in [3.05, 3.63) is 83.7 Å². The van der Waals surface area contributed by atoms with E-state index in [0.29, 0.717) is 37.2 Å². The fraction of sp³-hybridized carbons (Fsp3) is 0.360. The van der Waals surface area contributed by atoms with Crippen LogP contribution in [0.3, 0.4) is 0 Å². The third kappa shape index (κ3) is 6.43. The summed E-state index contributed by atoms with van der Waals surface area (Å²) in [6, 6.07) is 21.6. The Morgan fingerprint density at radius 3 is 2.68 bits per heavy atom. The number of nitrogens with zero attached hydrogens (tertiary/aromatic N) is 1. The Morgan fingerprint density at radius 2 is 1.87 bits per heavy atom. The first-order valence-electron chi connectivity index (χ1n) is 10.9. The monoisotopic (exact) mass is 419 g/mol. The molecule has 1 aromatic heterocycles. The smallest absolute Gasteiger partial charge is 0.220 e. The number of aromatic nitrogens is 1. The molecular formula is C25H29N3O3. The van der Waals surface area contributed by atoms with Crippen LogP contribution < -0.4 is 15.4 Å². The van der Waals surface area contributed by atoms with Gasteiger partial charge in [0.2, 0.25) is 5.91 Å². The molecule has 1 amide bonds. The summed E-state index contributed by atoms with van der Waals surface area (Å²) >= 11 is 0. The van der Waals surface area contributed by atoms with Crippen molar-refractivity contribution in [1.29, 1.82) is 0 Å². The van der Waals surface area contributed by atoms with Gasteiger partial charge in [-0.2, -0.15) is 0 Å². The van der Waals surface area contributed by atoms with Crippen molar-refractivity contribution in [2.24, 2.45) is 11.8 Å². The molecule has 4 rings (SSSR count). The Morgan fingerprint density at radius 1 is 1.10 bits per heavy atom. The zero-order valence-corrected chi connectivity index (χ0v) is 17.6. The quantitative estimate of drug-likeness (QED) is 0.553. The van der Waals surface area contributed by atoms with Gasteiger partial charge in [-0.25, -0.2) is 0 Å². The summed E-state index contributed by atoms with van der Waals surface area (Å²) in [6.45, 7) is 2.76. The topological polar surface area (TPSA) is 76.4 Å². The van der Waals surface area contributed by atoms with Gasteiger partial charge in [0.25, 0.3) is 0 Å². The minimum atomic E-state index is 0.109. The number of carbonyl (C=O) groups excluding carboxylic acids is 1. The summed E-state index contributed by atoms with van der Waals surface area (Å²) in [5.41, 5.74) is 2.03. The van der Waals surface area contributed by atoms with Crippen molar-refractivity contribution >= 4 is 5.91 Å². The molecule has 1 saturated heterocycles. The number of hydrogen-bond acceptors (Lipinski definition) is 5. The summed E-state index contributed by atoms with van der Waals surface area (Å²) in [5.74, 6) is 2.30. The van der Waals surface area contributed by atoms with Gasteiger partial charge in [0.15, 0.2) is 5.76 Å². The fourth-order valence-corrected chi connectivity index (χ4v) is 4.05. The highest BCUT2D eigenvalue weighted by Crippen LogP contribution is 2.26. The maximum Gasteiger partial charge on any atom is 0.220 e. The molecule has 3 aromatic rings. The average Bonchev–Trinajstić information content (AvgIpc) is 3.26. The van der Waals surface area contributed by atoms with Crippen molar-refractivity contribution < 1.29 is 14.1 Å². The average molecular weight is 420 g/mol. The maximum atomic E-state index is 12.5. The first-order valence-corrected chi connectivity index (χ1v) is 10.9. The van der Waals surface area contributed by atoms with E-state index in [0.717, 1.165) is 42.9 Å². The summed E-state index contributed by atoms with van der Waals surface area (Å²) < 4.78 is 11.2. The second kappa shape index (κ2) is 10.8. The standard InChI is InChI=1S/C25H29N3O3/c29-25(27-16-19-7-3-1-4-8-19)14-20-11-12-26-17-21(20)13-22-15-24(31-28-22)18-30-23-9-5-2-6-10-23/h1-10,15,20-21,26H,11-14,16-18H2,(H,27,29)/t20-,21+/m1/s1. The maximum absolute atomic E-state index is 12.5. The second-order valence-corrected chi connectivity index (χ2v) is 8.07. The Bertz CT molecular complexity index is 943. The van der Waals surface area contributed by atoms with Gasteiger partial charge in [-0.3, -0.25) is 4.79 Å². The third-order valence-corrected chi connectivity index (χ3v) is 5.75. The molecule has 0 bridgehead atoms. The minimum Gasteiger partial charge on any atom is -0.486 e. The van der Waals surface area contributed by atoms with Crippen LogP contribution in [-0.2, 0) is 24.4 Å². The predicted octanol–water partition coefficient (Wildman–Crippen LogP) is 3.73. The van der Waals surface area contributed by atoms with E-state index in [1.807, 2.05) is 66.7 Å². The van der Waals surface area contributed by atoms with Crippen molar-refractivity contribution in [1.82, 2.24) is 15.8 Å². The zero-order valence-electron chi connectivity index (χ0n) is 17.6. The van der Waals surface area contributed by atoms with Crippen LogP contribution in [0.4, 0.5) is 0 Å². The summed E-state index contributed by atoms with van der Waals surface area (Å²) in [4.78, 5) is 12.5. The van der Waals surface area contributed by atoms with Gasteiger partial charge in [0.05, 0.1) is 5.69 Å². The van der Waals surface area contributed by atoms with Crippen LogP contribution in [0.15, 0.2) is 71.3 Å². The highest BCUT2D eigenvalue weighted by Gasteiger charge is 2.28. The molecule has 2 aromatic carbocycles. The SMILES string of the molecule is O=C(C[C@H]1CCNC[C@@H]1Cc1cc(COc2ccccc2)on1)NCc1ccccc1. The van der Waals surface area contributed by atoms with Gasteiger partial charge in [0, 0.05) is 19.0 Å². The van der Waals surface area contributed by atoms with Crippen molar-refractivity contribution in [2.45, 2.75) is 32.4 Å². The minimum absolute atomic E-state index is 0.109. The number of rotatable bonds is 9. The Kier molecular flexibility index (Phi) is 7.34. The molecule has 0 unspecified atom stereocenters. The van der Waals surface area contributed by atoms with E-state index in [-0.39, 0.29) is 5.91 Å². The van der Waals surface area contributed by atoms with Crippen LogP contribution in [0, 0.1) is 11.8 Å². The molecule has 0 aliphatic carbocycles. The molecule has 0 radical (unpaired) electrons. The van der Waals surface area contributed by atoms with E-state index in [4.69, 9.17) is 9.26 Å². The summed E-state index contributed by atoms with van der Waals surface area (Å²) in [6.07, 6.45) is 2.32. The Hall–Kier alpha value is -3.12. The lowest BCUT2D eigenvalue weighted by Gasteiger charge is -2.31. The molecule has 162 valence electrons. The molecule has 6 nitrogen and oxygen atoms in total. The molecule has 0 saturated carbocycles. The summed E-state index contributed by atoms with van der Waals surface area (Å²) in [5, 5.41) is 10.7. The number of nitrogens with one attached hydrogen (secondary N) is 2. The highest BCUT2D eigenvalue weighted by atomic mass is 16.5. The van der Waals surface area contributed by atoms with Crippen LogP contribution >= 0.6 is 0 Å². The lowest BCUT2D eigenvalue weighted by Crippen LogP contribution is -2.40. The molecule has 2 heterocycles. The number of ether oxygens (including phenoxy) is 1. The van der Waals surface area contributed by atoms with Crippen molar-refractivity contribution in [3.63, 3.8) is 0 Å². The summed E-state index contributed by atoms with van der Waals surface area (Å²) in [7, 11) is 0. The van der Waals surface area contributed by atoms with E-state index in [9.17, 15) is 4.79 Å². The molecule has 6 heteroatoms. The van der Waals surface area contributed by atoms with Gasteiger partial charge in [0.1, 0.15) is 12.4 Å². The predicted molar refractivity (Wildman–Crippen MR) is 118 cm³/mol.